The van der Waals surface area contributed by atoms with Crippen molar-refractivity contribution in [3.05, 3.63) is 82.4 Å². The summed E-state index contributed by atoms with van der Waals surface area (Å²) in [6.07, 6.45) is 2.22. The minimum Gasteiger partial charge on any atom is -0.382 e. The van der Waals surface area contributed by atoms with Crippen LogP contribution < -0.4 is 11.1 Å². The van der Waals surface area contributed by atoms with E-state index in [0.717, 1.165) is 34.9 Å². The summed E-state index contributed by atoms with van der Waals surface area (Å²) in [5, 5.41) is 12.3. The van der Waals surface area contributed by atoms with Crippen molar-refractivity contribution in [3.63, 3.8) is 0 Å². The number of fused-ring (bicyclic) bond motifs is 1. The summed E-state index contributed by atoms with van der Waals surface area (Å²) in [5.41, 5.74) is 12.3. The minimum atomic E-state index is 0.424. The first-order chi connectivity index (χ1) is 12.2. The molecule has 1 aromatic heterocycles. The second kappa shape index (κ2) is 6.67. The number of hydrogen-bond acceptors (Lipinski definition) is 4. The molecule has 2 aromatic carbocycles. The number of anilines is 1. The molecule has 0 saturated carbocycles. The molecule has 3 aromatic rings. The highest BCUT2D eigenvalue weighted by Crippen LogP contribution is 2.31. The first-order valence-corrected chi connectivity index (χ1v) is 8.48. The first kappa shape index (κ1) is 15.8. The van der Waals surface area contributed by atoms with Gasteiger partial charge in [-0.15, -0.1) is 10.2 Å². The summed E-state index contributed by atoms with van der Waals surface area (Å²) >= 11 is 6.03. The Hall–Kier alpha value is -2.69. The molecule has 0 bridgehead atoms. The zero-order valence-corrected chi connectivity index (χ0v) is 14.3. The largest absolute Gasteiger partial charge is 0.382 e. The molecule has 124 valence electrons. The van der Waals surface area contributed by atoms with Crippen LogP contribution in [0, 0.1) is 0 Å². The minimum absolute atomic E-state index is 0.424. The standard InChI is InChI=1S/C20H17ClN4/c21-16-4-1-13(2-5-16)18-9-10-23-12-15-11-14(3-6-17(15)18)19-7-8-20(22)25-24-19/h1-9,11,23H,10,12H2,(H2,22,25). The van der Waals surface area contributed by atoms with Crippen LogP contribution in [0.5, 0.6) is 0 Å². The smallest absolute Gasteiger partial charge is 0.146 e. The molecule has 5 heteroatoms. The van der Waals surface area contributed by atoms with Crippen molar-refractivity contribution >= 4 is 23.0 Å². The summed E-state index contributed by atoms with van der Waals surface area (Å²) in [6, 6.07) is 18.0. The number of nitrogens with two attached hydrogens (primary N) is 1. The van der Waals surface area contributed by atoms with Crippen molar-refractivity contribution in [1.82, 2.24) is 15.5 Å². The van der Waals surface area contributed by atoms with E-state index in [0.29, 0.717) is 5.82 Å². The number of halogens is 1. The van der Waals surface area contributed by atoms with Crippen LogP contribution in [0.15, 0.2) is 60.7 Å². The predicted octanol–water partition coefficient (Wildman–Crippen LogP) is 3.91. The van der Waals surface area contributed by atoms with Crippen LogP contribution >= 0.6 is 11.6 Å². The van der Waals surface area contributed by atoms with Gasteiger partial charge < -0.3 is 11.1 Å². The van der Waals surface area contributed by atoms with Crippen molar-refractivity contribution in [2.75, 3.05) is 12.3 Å². The van der Waals surface area contributed by atoms with Crippen molar-refractivity contribution < 1.29 is 0 Å². The Labute approximate surface area is 151 Å². The predicted molar refractivity (Wildman–Crippen MR) is 102 cm³/mol. The molecule has 0 radical (unpaired) electrons. The topological polar surface area (TPSA) is 63.8 Å². The molecule has 0 saturated heterocycles. The maximum absolute atomic E-state index is 6.03. The fourth-order valence-corrected chi connectivity index (χ4v) is 3.18. The second-order valence-corrected chi connectivity index (χ2v) is 6.41. The van der Waals surface area contributed by atoms with E-state index in [9.17, 15) is 0 Å². The second-order valence-electron chi connectivity index (χ2n) is 5.97. The van der Waals surface area contributed by atoms with Gasteiger partial charge in [-0.2, -0.15) is 0 Å². The van der Waals surface area contributed by atoms with Crippen LogP contribution in [0.25, 0.3) is 16.8 Å². The van der Waals surface area contributed by atoms with Gasteiger partial charge in [0.25, 0.3) is 0 Å². The van der Waals surface area contributed by atoms with Gasteiger partial charge in [0, 0.05) is 23.7 Å². The van der Waals surface area contributed by atoms with E-state index in [1.165, 1.54) is 16.7 Å². The van der Waals surface area contributed by atoms with Crippen molar-refractivity contribution in [3.8, 4) is 11.3 Å². The average Bonchev–Trinajstić information content (AvgIpc) is 2.85. The van der Waals surface area contributed by atoms with Gasteiger partial charge in [0.1, 0.15) is 5.82 Å². The van der Waals surface area contributed by atoms with Crippen molar-refractivity contribution in [1.29, 1.82) is 0 Å². The maximum atomic E-state index is 6.03. The zero-order valence-electron chi connectivity index (χ0n) is 13.5. The third-order valence-corrected chi connectivity index (χ3v) is 4.55. The van der Waals surface area contributed by atoms with E-state index < -0.39 is 0 Å². The molecule has 0 unspecified atom stereocenters. The van der Waals surface area contributed by atoms with Crippen LogP contribution in [0.4, 0.5) is 5.82 Å². The van der Waals surface area contributed by atoms with Crippen LogP contribution in [-0.4, -0.2) is 16.7 Å². The van der Waals surface area contributed by atoms with Gasteiger partial charge in [-0.25, -0.2) is 0 Å². The Morgan fingerprint density at radius 2 is 1.72 bits per heavy atom. The molecule has 2 heterocycles. The monoisotopic (exact) mass is 348 g/mol. The van der Waals surface area contributed by atoms with Gasteiger partial charge in [-0.05, 0) is 52.6 Å². The molecule has 0 aliphatic carbocycles. The Bertz CT molecular complexity index is 931. The SMILES string of the molecule is Nc1ccc(-c2ccc3c(c2)CNCC=C3c2ccc(Cl)cc2)nn1. The number of benzene rings is 2. The molecule has 1 aliphatic rings. The van der Waals surface area contributed by atoms with E-state index in [2.05, 4.69) is 51.9 Å². The van der Waals surface area contributed by atoms with Gasteiger partial charge in [0.05, 0.1) is 5.69 Å². The highest BCUT2D eigenvalue weighted by atomic mass is 35.5. The molecule has 0 amide bonds. The van der Waals surface area contributed by atoms with E-state index >= 15 is 0 Å². The lowest BCUT2D eigenvalue weighted by Gasteiger charge is -2.13. The number of nitrogen functional groups attached to an aromatic ring is 1. The number of nitrogens with one attached hydrogen (secondary N) is 1. The van der Waals surface area contributed by atoms with E-state index in [1.807, 2.05) is 18.2 Å². The van der Waals surface area contributed by atoms with E-state index in [-0.39, 0.29) is 0 Å². The summed E-state index contributed by atoms with van der Waals surface area (Å²) in [7, 11) is 0. The number of rotatable bonds is 2. The lowest BCUT2D eigenvalue weighted by molar-refractivity contribution is 0.766. The number of nitrogens with zero attached hydrogens (tertiary/aromatic N) is 2. The third-order valence-electron chi connectivity index (χ3n) is 4.30. The summed E-state index contributed by atoms with van der Waals surface area (Å²) < 4.78 is 0. The number of hydrogen-bond donors (Lipinski definition) is 2. The third kappa shape index (κ3) is 3.27. The Morgan fingerprint density at radius 3 is 2.48 bits per heavy atom. The molecule has 25 heavy (non-hydrogen) atoms. The molecule has 4 rings (SSSR count). The summed E-state index contributed by atoms with van der Waals surface area (Å²) in [6.45, 7) is 1.63. The molecule has 4 nitrogen and oxygen atoms in total. The van der Waals surface area contributed by atoms with Crippen LogP contribution in [0.1, 0.15) is 16.7 Å². The Kier molecular flexibility index (Phi) is 4.22. The van der Waals surface area contributed by atoms with E-state index in [4.69, 9.17) is 17.3 Å². The van der Waals surface area contributed by atoms with Gasteiger partial charge in [-0.3, -0.25) is 0 Å². The molecular weight excluding hydrogens is 332 g/mol. The van der Waals surface area contributed by atoms with Gasteiger partial charge in [0.15, 0.2) is 0 Å². The van der Waals surface area contributed by atoms with Crippen LogP contribution in [0.2, 0.25) is 5.02 Å². The quantitative estimate of drug-likeness (QED) is 0.737. The zero-order chi connectivity index (χ0) is 17.2. The highest BCUT2D eigenvalue weighted by Gasteiger charge is 2.14. The molecular formula is C20H17ClN4. The first-order valence-electron chi connectivity index (χ1n) is 8.10. The normalized spacial score (nSPS) is 13.7. The maximum Gasteiger partial charge on any atom is 0.146 e. The lowest BCUT2D eigenvalue weighted by atomic mass is 9.92. The summed E-state index contributed by atoms with van der Waals surface area (Å²) in [5.74, 6) is 0.424. The molecule has 1 aliphatic heterocycles. The van der Waals surface area contributed by atoms with Gasteiger partial charge >= 0.3 is 0 Å². The van der Waals surface area contributed by atoms with Crippen molar-refractivity contribution in [2.45, 2.75) is 6.54 Å². The Morgan fingerprint density at radius 1 is 0.920 bits per heavy atom. The van der Waals surface area contributed by atoms with Gasteiger partial charge in [0.2, 0.25) is 0 Å². The summed E-state index contributed by atoms with van der Waals surface area (Å²) in [4.78, 5) is 0. The molecule has 0 atom stereocenters. The average molecular weight is 349 g/mol. The molecule has 0 fully saturated rings. The van der Waals surface area contributed by atoms with Crippen LogP contribution in [-0.2, 0) is 6.54 Å². The molecule has 3 N–H and O–H groups in total. The Balaban J connectivity index is 1.77. The van der Waals surface area contributed by atoms with Crippen LogP contribution in [0.3, 0.4) is 0 Å². The van der Waals surface area contributed by atoms with Gasteiger partial charge in [-0.1, -0.05) is 41.9 Å². The molecule has 0 spiro atoms. The fraction of sp³-hybridized carbons (Fsp3) is 0.100. The van der Waals surface area contributed by atoms with Crippen molar-refractivity contribution in [2.24, 2.45) is 0 Å². The fourth-order valence-electron chi connectivity index (χ4n) is 3.05. The number of aromatic nitrogens is 2. The lowest BCUT2D eigenvalue weighted by Crippen LogP contribution is -2.11. The highest BCUT2D eigenvalue weighted by molar-refractivity contribution is 6.30. The van der Waals surface area contributed by atoms with E-state index in [1.54, 1.807) is 6.07 Å².